The molecule has 0 atom stereocenters. The molecule has 0 unspecified atom stereocenters. The third kappa shape index (κ3) is 2.60. The van der Waals surface area contributed by atoms with Gasteiger partial charge in [-0.05, 0) is 18.2 Å². The van der Waals surface area contributed by atoms with E-state index in [0.29, 0.717) is 16.3 Å². The molecule has 0 aliphatic carbocycles. The van der Waals surface area contributed by atoms with Crippen LogP contribution in [0.1, 0.15) is 10.4 Å². The molecule has 2 N–H and O–H groups in total. The van der Waals surface area contributed by atoms with Crippen LogP contribution in [0, 0.1) is 0 Å². The van der Waals surface area contributed by atoms with Crippen LogP contribution in [0.25, 0.3) is 0 Å². The van der Waals surface area contributed by atoms with Crippen LogP contribution in [-0.2, 0) is 4.74 Å². The number of nitrogens with two attached hydrogens (primary N) is 1. The summed E-state index contributed by atoms with van der Waals surface area (Å²) in [5.41, 5.74) is 6.56. The average Bonchev–Trinajstić information content (AvgIpc) is 2.41. The maximum atomic E-state index is 11.5. The second-order valence-electron chi connectivity index (χ2n) is 3.35. The lowest BCUT2D eigenvalue weighted by Gasteiger charge is -2.07. The van der Waals surface area contributed by atoms with Crippen molar-refractivity contribution in [2.45, 2.75) is 9.92 Å². The summed E-state index contributed by atoms with van der Waals surface area (Å²) in [6.07, 6.45) is 4.90. The van der Waals surface area contributed by atoms with Gasteiger partial charge in [-0.2, -0.15) is 0 Å². The highest BCUT2D eigenvalue weighted by Gasteiger charge is 2.14. The van der Waals surface area contributed by atoms with E-state index in [4.69, 9.17) is 5.73 Å². The van der Waals surface area contributed by atoms with Crippen LogP contribution < -0.4 is 5.73 Å². The van der Waals surface area contributed by atoms with Crippen molar-refractivity contribution in [3.05, 3.63) is 42.4 Å². The standard InChI is InChI=1S/C12H11N3O2S/c1-17-12(16)9-4-7-15-11(10(9)13)18-8-2-5-14-6-3-8/h2-7H,13H2,1H3. The molecular formula is C12H11N3O2S. The first-order valence-electron chi connectivity index (χ1n) is 5.13. The third-order valence-electron chi connectivity index (χ3n) is 2.22. The molecule has 6 heteroatoms. The molecule has 0 bridgehead atoms. The Morgan fingerprint density at radius 3 is 2.67 bits per heavy atom. The summed E-state index contributed by atoms with van der Waals surface area (Å²) in [6, 6.07) is 5.23. The van der Waals surface area contributed by atoms with Gasteiger partial charge in [0, 0.05) is 23.5 Å². The van der Waals surface area contributed by atoms with Gasteiger partial charge in [0.25, 0.3) is 0 Å². The van der Waals surface area contributed by atoms with Gasteiger partial charge in [-0.15, -0.1) is 0 Å². The number of nitrogens with zero attached hydrogens (tertiary/aromatic N) is 2. The first-order valence-corrected chi connectivity index (χ1v) is 5.94. The maximum absolute atomic E-state index is 11.5. The Labute approximate surface area is 108 Å². The monoisotopic (exact) mass is 261 g/mol. The number of pyridine rings is 2. The first kappa shape index (κ1) is 12.4. The molecule has 2 rings (SSSR count). The molecule has 0 fully saturated rings. The molecule has 0 radical (unpaired) electrons. The number of ether oxygens (including phenoxy) is 1. The fourth-order valence-electron chi connectivity index (χ4n) is 1.34. The maximum Gasteiger partial charge on any atom is 0.340 e. The molecule has 0 amide bonds. The van der Waals surface area contributed by atoms with Crippen LogP contribution in [0.2, 0.25) is 0 Å². The minimum Gasteiger partial charge on any atom is -0.465 e. The van der Waals surface area contributed by atoms with Crippen molar-refractivity contribution in [2.75, 3.05) is 12.8 Å². The number of hydrogen-bond donors (Lipinski definition) is 1. The van der Waals surface area contributed by atoms with Crippen LogP contribution in [0.4, 0.5) is 5.69 Å². The van der Waals surface area contributed by atoms with E-state index in [1.54, 1.807) is 12.4 Å². The molecule has 0 saturated carbocycles. The number of carbonyl (C=O) groups excluding carboxylic acids is 1. The van der Waals surface area contributed by atoms with Crippen LogP contribution >= 0.6 is 11.8 Å². The predicted octanol–water partition coefficient (Wildman–Crippen LogP) is 2.00. The zero-order valence-electron chi connectivity index (χ0n) is 9.66. The molecule has 0 aliphatic heterocycles. The average molecular weight is 261 g/mol. The largest absolute Gasteiger partial charge is 0.465 e. The molecule has 2 heterocycles. The number of methoxy groups -OCH3 is 1. The fraction of sp³-hybridized carbons (Fsp3) is 0.0833. The zero-order valence-corrected chi connectivity index (χ0v) is 10.5. The summed E-state index contributed by atoms with van der Waals surface area (Å²) in [7, 11) is 1.32. The molecule has 2 aromatic heterocycles. The van der Waals surface area contributed by atoms with Crippen molar-refractivity contribution < 1.29 is 9.53 Å². The van der Waals surface area contributed by atoms with Gasteiger partial charge in [-0.1, -0.05) is 11.8 Å². The van der Waals surface area contributed by atoms with E-state index in [2.05, 4.69) is 14.7 Å². The Hall–Kier alpha value is -2.08. The Morgan fingerprint density at radius 1 is 1.28 bits per heavy atom. The number of hydrogen-bond acceptors (Lipinski definition) is 6. The van der Waals surface area contributed by atoms with Crippen molar-refractivity contribution in [3.8, 4) is 0 Å². The summed E-state index contributed by atoms with van der Waals surface area (Å²) in [6.45, 7) is 0. The highest BCUT2D eigenvalue weighted by atomic mass is 32.2. The summed E-state index contributed by atoms with van der Waals surface area (Å²) < 4.78 is 4.66. The van der Waals surface area contributed by atoms with Gasteiger partial charge in [0.2, 0.25) is 0 Å². The van der Waals surface area contributed by atoms with E-state index in [9.17, 15) is 4.79 Å². The number of esters is 1. The Bertz CT molecular complexity index is 561. The Kier molecular flexibility index (Phi) is 3.78. The van der Waals surface area contributed by atoms with Gasteiger partial charge < -0.3 is 10.5 Å². The van der Waals surface area contributed by atoms with Crippen LogP contribution in [0.5, 0.6) is 0 Å². The van der Waals surface area contributed by atoms with E-state index in [0.717, 1.165) is 4.90 Å². The second kappa shape index (κ2) is 5.50. The second-order valence-corrected chi connectivity index (χ2v) is 4.42. The molecule has 0 aromatic carbocycles. The van der Waals surface area contributed by atoms with Crippen molar-refractivity contribution in [1.82, 2.24) is 9.97 Å². The Morgan fingerprint density at radius 2 is 2.00 bits per heavy atom. The smallest absolute Gasteiger partial charge is 0.340 e. The molecular weight excluding hydrogens is 250 g/mol. The van der Waals surface area contributed by atoms with E-state index in [1.165, 1.54) is 31.1 Å². The minimum absolute atomic E-state index is 0.323. The van der Waals surface area contributed by atoms with Gasteiger partial charge in [0.05, 0.1) is 18.4 Å². The number of rotatable bonds is 3. The molecule has 0 spiro atoms. The lowest BCUT2D eigenvalue weighted by atomic mass is 10.2. The van der Waals surface area contributed by atoms with Crippen molar-refractivity contribution in [3.63, 3.8) is 0 Å². The van der Waals surface area contributed by atoms with Crippen molar-refractivity contribution in [2.24, 2.45) is 0 Å². The van der Waals surface area contributed by atoms with Gasteiger partial charge in [0.1, 0.15) is 5.03 Å². The SMILES string of the molecule is COC(=O)c1ccnc(Sc2ccncc2)c1N. The Balaban J connectivity index is 2.32. The van der Waals surface area contributed by atoms with Crippen LogP contribution in [-0.4, -0.2) is 23.0 Å². The van der Waals surface area contributed by atoms with Gasteiger partial charge in [-0.25, -0.2) is 9.78 Å². The van der Waals surface area contributed by atoms with Crippen molar-refractivity contribution in [1.29, 1.82) is 0 Å². The quantitative estimate of drug-likeness (QED) is 0.851. The number of aromatic nitrogens is 2. The molecule has 5 nitrogen and oxygen atoms in total. The summed E-state index contributed by atoms with van der Waals surface area (Å²) in [5.74, 6) is -0.466. The van der Waals surface area contributed by atoms with Crippen LogP contribution in [0.15, 0.2) is 46.7 Å². The molecule has 0 aliphatic rings. The molecule has 18 heavy (non-hydrogen) atoms. The highest BCUT2D eigenvalue weighted by Crippen LogP contribution is 2.31. The predicted molar refractivity (Wildman–Crippen MR) is 68.3 cm³/mol. The summed E-state index contributed by atoms with van der Waals surface area (Å²) >= 11 is 1.37. The topological polar surface area (TPSA) is 78.1 Å². The van der Waals surface area contributed by atoms with Gasteiger partial charge >= 0.3 is 5.97 Å². The van der Waals surface area contributed by atoms with Crippen LogP contribution in [0.3, 0.4) is 0 Å². The molecule has 0 saturated heterocycles. The third-order valence-corrected chi connectivity index (χ3v) is 3.25. The molecule has 2 aromatic rings. The van der Waals surface area contributed by atoms with Gasteiger partial charge in [-0.3, -0.25) is 4.98 Å². The van der Waals surface area contributed by atoms with Crippen molar-refractivity contribution >= 4 is 23.4 Å². The lowest BCUT2D eigenvalue weighted by Crippen LogP contribution is -2.07. The van der Waals surface area contributed by atoms with E-state index < -0.39 is 5.97 Å². The van der Waals surface area contributed by atoms with E-state index in [-0.39, 0.29) is 0 Å². The van der Waals surface area contributed by atoms with Gasteiger partial charge in [0.15, 0.2) is 0 Å². The number of carbonyl (C=O) groups is 1. The minimum atomic E-state index is -0.466. The number of nitrogen functional groups attached to an aromatic ring is 1. The lowest BCUT2D eigenvalue weighted by molar-refractivity contribution is 0.0601. The van der Waals surface area contributed by atoms with E-state index >= 15 is 0 Å². The number of anilines is 1. The summed E-state index contributed by atoms with van der Waals surface area (Å²) in [5, 5.41) is 0.573. The fourth-order valence-corrected chi connectivity index (χ4v) is 2.16. The normalized spacial score (nSPS) is 10.1. The van der Waals surface area contributed by atoms with E-state index in [1.807, 2.05) is 12.1 Å². The first-order chi connectivity index (χ1) is 8.72. The highest BCUT2D eigenvalue weighted by molar-refractivity contribution is 7.99. The molecule has 92 valence electrons. The zero-order chi connectivity index (χ0) is 13.0. The summed E-state index contributed by atoms with van der Waals surface area (Å²) in [4.78, 5) is 20.5.